The van der Waals surface area contributed by atoms with Crippen LogP contribution in [0.4, 0.5) is 5.69 Å². The highest BCUT2D eigenvalue weighted by Gasteiger charge is 2.17. The van der Waals surface area contributed by atoms with Crippen molar-refractivity contribution in [2.24, 2.45) is 5.73 Å². The van der Waals surface area contributed by atoms with Gasteiger partial charge in [-0.1, -0.05) is 0 Å². The second kappa shape index (κ2) is 9.77. The van der Waals surface area contributed by atoms with Gasteiger partial charge in [0.1, 0.15) is 11.5 Å². The highest BCUT2D eigenvalue weighted by atomic mass is 16.5. The van der Waals surface area contributed by atoms with Crippen LogP contribution in [0.5, 0.6) is 11.5 Å². The number of aryl methyl sites for hydroxylation is 2. The Morgan fingerprint density at radius 3 is 2.38 bits per heavy atom. The van der Waals surface area contributed by atoms with Crippen molar-refractivity contribution in [3.05, 3.63) is 59.3 Å². The topological polar surface area (TPSA) is 93.5 Å². The Morgan fingerprint density at radius 2 is 1.72 bits per heavy atom. The lowest BCUT2D eigenvalue weighted by atomic mass is 10.0. The minimum atomic E-state index is -0.446. The molecule has 0 unspecified atom stereocenters. The molecular formula is C25H30N4O3. The minimum absolute atomic E-state index is 0.446. The third-order valence-corrected chi connectivity index (χ3v) is 5.99. The van der Waals surface area contributed by atoms with Crippen LogP contribution in [0.1, 0.15) is 40.9 Å². The quantitative estimate of drug-likeness (QED) is 0.560. The van der Waals surface area contributed by atoms with Crippen LogP contribution in [0.25, 0.3) is 11.3 Å². The molecule has 1 saturated heterocycles. The van der Waals surface area contributed by atoms with Gasteiger partial charge in [-0.25, -0.2) is 0 Å². The highest BCUT2D eigenvalue weighted by Crippen LogP contribution is 2.30. The van der Waals surface area contributed by atoms with Crippen LogP contribution in [0, 0.1) is 0 Å². The third-order valence-electron chi connectivity index (χ3n) is 5.99. The van der Waals surface area contributed by atoms with Gasteiger partial charge in [0.2, 0.25) is 5.91 Å². The maximum absolute atomic E-state index is 12.1. The molecule has 0 atom stereocenters. The Labute approximate surface area is 188 Å². The predicted octanol–water partition coefficient (Wildman–Crippen LogP) is 3.97. The molecule has 0 saturated carbocycles. The van der Waals surface area contributed by atoms with Crippen LogP contribution in [0.15, 0.2) is 42.5 Å². The first-order valence-electron chi connectivity index (χ1n) is 11.0. The number of nitrogens with two attached hydrogens (primary N) is 1. The summed E-state index contributed by atoms with van der Waals surface area (Å²) in [7, 11) is 3.29. The molecule has 168 valence electrons. The van der Waals surface area contributed by atoms with E-state index in [4.69, 9.17) is 15.2 Å². The molecule has 0 aliphatic carbocycles. The number of aromatic amines is 1. The molecule has 7 heteroatoms. The number of H-pyrrole nitrogens is 1. The van der Waals surface area contributed by atoms with Gasteiger partial charge in [0.25, 0.3) is 0 Å². The zero-order chi connectivity index (χ0) is 22.5. The molecular weight excluding hydrogens is 404 g/mol. The average Bonchev–Trinajstić information content (AvgIpc) is 3.31. The molecule has 0 spiro atoms. The summed E-state index contributed by atoms with van der Waals surface area (Å²) >= 11 is 0. The van der Waals surface area contributed by atoms with Gasteiger partial charge in [0.15, 0.2) is 0 Å². The second-order valence-electron chi connectivity index (χ2n) is 8.14. The maximum atomic E-state index is 12.1. The number of nitrogens with one attached hydrogen (secondary N) is 1. The molecule has 2 aromatic carbocycles. The van der Waals surface area contributed by atoms with Crippen molar-refractivity contribution in [3.8, 4) is 22.8 Å². The van der Waals surface area contributed by atoms with E-state index < -0.39 is 5.91 Å². The summed E-state index contributed by atoms with van der Waals surface area (Å²) in [5.41, 5.74) is 10.9. The number of anilines is 1. The zero-order valence-corrected chi connectivity index (χ0v) is 18.7. The summed E-state index contributed by atoms with van der Waals surface area (Å²) in [6.45, 7) is 2.07. The monoisotopic (exact) mass is 434 g/mol. The standard InChI is InChI=1S/C25H30N4O3/c1-31-20-12-17(13-21(16-20)32-2)6-7-18-14-24(28-27-18)23-15-19(8-9-22(23)25(26)30)29-10-4-3-5-11-29/h8-9,12-16H,3-7,10-11H2,1-2H3,(H2,26,30)(H,27,28). The summed E-state index contributed by atoms with van der Waals surface area (Å²) in [6.07, 6.45) is 5.21. The number of carbonyl (C=O) groups is 1. The Balaban J connectivity index is 1.55. The molecule has 4 rings (SSSR count). The van der Waals surface area contributed by atoms with Crippen molar-refractivity contribution < 1.29 is 14.3 Å². The van der Waals surface area contributed by atoms with Gasteiger partial charge in [-0.2, -0.15) is 5.10 Å². The number of aromatic nitrogens is 2. The Hall–Kier alpha value is -3.48. The smallest absolute Gasteiger partial charge is 0.249 e. The van der Waals surface area contributed by atoms with Gasteiger partial charge < -0.3 is 20.1 Å². The molecule has 3 N–H and O–H groups in total. The first-order chi connectivity index (χ1) is 15.6. The van der Waals surface area contributed by atoms with Crippen molar-refractivity contribution in [1.82, 2.24) is 10.2 Å². The van der Waals surface area contributed by atoms with E-state index in [0.717, 1.165) is 65.6 Å². The lowest BCUT2D eigenvalue weighted by Gasteiger charge is -2.29. The molecule has 1 fully saturated rings. The van der Waals surface area contributed by atoms with Crippen LogP contribution in [-0.2, 0) is 12.8 Å². The lowest BCUT2D eigenvalue weighted by molar-refractivity contribution is 0.100. The van der Waals surface area contributed by atoms with Gasteiger partial charge in [-0.15, -0.1) is 0 Å². The highest BCUT2D eigenvalue weighted by molar-refractivity contribution is 6.00. The number of hydrogen-bond acceptors (Lipinski definition) is 5. The number of carbonyl (C=O) groups excluding carboxylic acids is 1. The number of benzene rings is 2. The van der Waals surface area contributed by atoms with E-state index in [1.54, 1.807) is 14.2 Å². The van der Waals surface area contributed by atoms with Crippen molar-refractivity contribution in [2.75, 3.05) is 32.2 Å². The first kappa shape index (κ1) is 21.7. The molecule has 1 aromatic heterocycles. The van der Waals surface area contributed by atoms with E-state index >= 15 is 0 Å². The van der Waals surface area contributed by atoms with Crippen molar-refractivity contribution >= 4 is 11.6 Å². The number of piperidine rings is 1. The van der Waals surface area contributed by atoms with Gasteiger partial charge >= 0.3 is 0 Å². The summed E-state index contributed by atoms with van der Waals surface area (Å²) < 4.78 is 10.7. The molecule has 1 aliphatic heterocycles. The molecule has 7 nitrogen and oxygen atoms in total. The average molecular weight is 435 g/mol. The Kier molecular flexibility index (Phi) is 6.63. The lowest BCUT2D eigenvalue weighted by Crippen LogP contribution is -2.29. The van der Waals surface area contributed by atoms with E-state index in [9.17, 15) is 4.79 Å². The third kappa shape index (κ3) is 4.88. The van der Waals surface area contributed by atoms with Crippen LogP contribution in [-0.4, -0.2) is 43.4 Å². The molecule has 1 aliphatic rings. The second-order valence-corrected chi connectivity index (χ2v) is 8.14. The number of rotatable bonds is 8. The van der Waals surface area contributed by atoms with Crippen LogP contribution < -0.4 is 20.1 Å². The van der Waals surface area contributed by atoms with Crippen molar-refractivity contribution in [2.45, 2.75) is 32.1 Å². The first-order valence-corrected chi connectivity index (χ1v) is 11.0. The molecule has 0 radical (unpaired) electrons. The Morgan fingerprint density at radius 1 is 1.00 bits per heavy atom. The van der Waals surface area contributed by atoms with E-state index in [-0.39, 0.29) is 0 Å². The fourth-order valence-corrected chi connectivity index (χ4v) is 4.23. The SMILES string of the molecule is COc1cc(CCc2cc(-c3cc(N4CCCCC4)ccc3C(N)=O)n[nH]2)cc(OC)c1. The van der Waals surface area contributed by atoms with Crippen LogP contribution in [0.2, 0.25) is 0 Å². The number of nitrogens with zero attached hydrogens (tertiary/aromatic N) is 2. The molecule has 2 heterocycles. The maximum Gasteiger partial charge on any atom is 0.249 e. The zero-order valence-electron chi connectivity index (χ0n) is 18.7. The summed E-state index contributed by atoms with van der Waals surface area (Å²) in [4.78, 5) is 14.4. The summed E-state index contributed by atoms with van der Waals surface area (Å²) in [5.74, 6) is 1.09. The van der Waals surface area contributed by atoms with E-state index in [1.807, 2.05) is 42.5 Å². The van der Waals surface area contributed by atoms with Gasteiger partial charge in [0.05, 0.1) is 19.9 Å². The fourth-order valence-electron chi connectivity index (χ4n) is 4.23. The van der Waals surface area contributed by atoms with E-state index in [0.29, 0.717) is 5.56 Å². The van der Waals surface area contributed by atoms with Crippen LogP contribution >= 0.6 is 0 Å². The molecule has 1 amide bonds. The number of methoxy groups -OCH3 is 2. The fraction of sp³-hybridized carbons (Fsp3) is 0.360. The van der Waals surface area contributed by atoms with E-state index in [1.165, 1.54) is 19.3 Å². The molecule has 3 aromatic rings. The summed E-state index contributed by atoms with van der Waals surface area (Å²) in [5, 5.41) is 7.61. The number of primary amides is 1. The molecule has 0 bridgehead atoms. The van der Waals surface area contributed by atoms with Gasteiger partial charge in [-0.3, -0.25) is 9.89 Å². The largest absolute Gasteiger partial charge is 0.497 e. The minimum Gasteiger partial charge on any atom is -0.497 e. The number of hydrogen-bond donors (Lipinski definition) is 2. The Bertz CT molecular complexity index is 1060. The van der Waals surface area contributed by atoms with Crippen molar-refractivity contribution in [3.63, 3.8) is 0 Å². The van der Waals surface area contributed by atoms with Gasteiger partial charge in [0, 0.05) is 41.7 Å². The van der Waals surface area contributed by atoms with Gasteiger partial charge in [-0.05, 0) is 74.1 Å². The van der Waals surface area contributed by atoms with E-state index in [2.05, 4.69) is 15.1 Å². The summed E-state index contributed by atoms with van der Waals surface area (Å²) in [6, 6.07) is 13.7. The normalized spacial score (nSPS) is 13.8. The number of ether oxygens (including phenoxy) is 2. The predicted molar refractivity (Wildman–Crippen MR) is 126 cm³/mol. The van der Waals surface area contributed by atoms with Crippen molar-refractivity contribution in [1.29, 1.82) is 0 Å². The number of amides is 1. The van der Waals surface area contributed by atoms with Crippen LogP contribution in [0.3, 0.4) is 0 Å². The molecule has 32 heavy (non-hydrogen) atoms.